The minimum atomic E-state index is -0.582. The van der Waals surface area contributed by atoms with Crippen molar-refractivity contribution in [2.45, 2.75) is 59.3 Å². The van der Waals surface area contributed by atoms with E-state index in [1.165, 1.54) is 0 Å². The molecule has 0 aliphatic carbocycles. The molecule has 1 aromatic carbocycles. The number of carbonyl (C=O) groups excluding carboxylic acids is 2. The summed E-state index contributed by atoms with van der Waals surface area (Å²) in [5.74, 6) is -0.158. The van der Waals surface area contributed by atoms with E-state index in [1.807, 2.05) is 0 Å². The molecular weight excluding hydrogens is 338 g/mol. The highest BCUT2D eigenvalue weighted by atomic mass is 16.6. The largest absolute Gasteiger partial charge is 0.482 e. The van der Waals surface area contributed by atoms with Gasteiger partial charge in [-0.05, 0) is 59.2 Å². The second-order valence-corrected chi connectivity index (χ2v) is 7.77. The molecule has 0 bridgehead atoms. The predicted octanol–water partition coefficient (Wildman–Crippen LogP) is 2.59. The lowest BCUT2D eigenvalue weighted by Crippen LogP contribution is -2.27. The number of rotatable bonds is 7. The van der Waals surface area contributed by atoms with Crippen LogP contribution in [0.25, 0.3) is 0 Å². The highest BCUT2D eigenvalue weighted by Gasteiger charge is 2.18. The summed E-state index contributed by atoms with van der Waals surface area (Å²) in [7, 11) is 0. The van der Waals surface area contributed by atoms with Crippen LogP contribution in [0.4, 0.5) is 0 Å². The topological polar surface area (TPSA) is 97.1 Å². The Hall–Kier alpha value is -2.28. The van der Waals surface area contributed by atoms with E-state index in [0.717, 1.165) is 5.56 Å². The number of ether oxygens (including phenoxy) is 4. The third-order valence-electron chi connectivity index (χ3n) is 2.73. The third-order valence-corrected chi connectivity index (χ3v) is 2.73. The maximum absolute atomic E-state index is 11.8. The first-order valence-electron chi connectivity index (χ1n) is 8.41. The predicted molar refractivity (Wildman–Crippen MR) is 97.0 cm³/mol. The van der Waals surface area contributed by atoms with E-state index in [4.69, 9.17) is 24.7 Å². The van der Waals surface area contributed by atoms with Gasteiger partial charge in [0.15, 0.2) is 13.2 Å². The molecule has 2 N–H and O–H groups in total. The van der Waals surface area contributed by atoms with Gasteiger partial charge < -0.3 is 24.7 Å². The Morgan fingerprint density at radius 1 is 0.808 bits per heavy atom. The Labute approximate surface area is 154 Å². The van der Waals surface area contributed by atoms with Crippen LogP contribution in [-0.2, 0) is 25.6 Å². The molecule has 0 unspecified atom stereocenters. The molecule has 7 heteroatoms. The molecule has 146 valence electrons. The van der Waals surface area contributed by atoms with Gasteiger partial charge in [-0.25, -0.2) is 9.59 Å². The number of hydrogen-bond donors (Lipinski definition) is 1. The average Bonchev–Trinajstić information content (AvgIpc) is 2.47. The molecule has 1 rings (SSSR count). The summed E-state index contributed by atoms with van der Waals surface area (Å²) in [6, 6.07) is 4.98. The van der Waals surface area contributed by atoms with Gasteiger partial charge in [0.1, 0.15) is 22.7 Å². The van der Waals surface area contributed by atoms with Crippen LogP contribution in [0.15, 0.2) is 18.2 Å². The van der Waals surface area contributed by atoms with Gasteiger partial charge in [0.2, 0.25) is 0 Å². The van der Waals surface area contributed by atoms with Crippen molar-refractivity contribution in [2.24, 2.45) is 5.73 Å². The lowest BCUT2D eigenvalue weighted by Gasteiger charge is -2.20. The van der Waals surface area contributed by atoms with Gasteiger partial charge in [-0.2, -0.15) is 0 Å². The molecule has 0 radical (unpaired) electrons. The first-order chi connectivity index (χ1) is 11.9. The van der Waals surface area contributed by atoms with Gasteiger partial charge in [-0.3, -0.25) is 0 Å². The summed E-state index contributed by atoms with van der Waals surface area (Å²) in [4.78, 5) is 23.5. The van der Waals surface area contributed by atoms with E-state index in [1.54, 1.807) is 59.7 Å². The van der Waals surface area contributed by atoms with Crippen LogP contribution in [-0.4, -0.2) is 36.4 Å². The Kier molecular flexibility index (Phi) is 7.44. The van der Waals surface area contributed by atoms with Crippen molar-refractivity contribution >= 4 is 11.9 Å². The molecule has 0 aliphatic rings. The van der Waals surface area contributed by atoms with Crippen molar-refractivity contribution < 1.29 is 28.5 Å². The van der Waals surface area contributed by atoms with Crippen molar-refractivity contribution in [1.29, 1.82) is 0 Å². The molecule has 7 nitrogen and oxygen atoms in total. The van der Waals surface area contributed by atoms with Crippen molar-refractivity contribution in [3.8, 4) is 11.5 Å². The SMILES string of the molecule is CC(C)(C)OC(=O)COc1cc(CN)cc(OCC(=O)OC(C)(C)C)c1. The normalized spacial score (nSPS) is 11.7. The van der Waals surface area contributed by atoms with Crippen LogP contribution in [0.1, 0.15) is 47.1 Å². The average molecular weight is 367 g/mol. The second-order valence-electron chi connectivity index (χ2n) is 7.77. The number of benzene rings is 1. The van der Waals surface area contributed by atoms with Crippen molar-refractivity contribution in [3.05, 3.63) is 23.8 Å². The number of nitrogens with two attached hydrogens (primary N) is 1. The van der Waals surface area contributed by atoms with Gasteiger partial charge >= 0.3 is 11.9 Å². The van der Waals surface area contributed by atoms with Crippen LogP contribution < -0.4 is 15.2 Å². The van der Waals surface area contributed by atoms with Crippen LogP contribution >= 0.6 is 0 Å². The summed E-state index contributed by atoms with van der Waals surface area (Å²) < 4.78 is 21.3. The first-order valence-corrected chi connectivity index (χ1v) is 8.41. The number of hydrogen-bond acceptors (Lipinski definition) is 7. The second kappa shape index (κ2) is 8.89. The maximum atomic E-state index is 11.8. The molecule has 1 aromatic rings. The number of esters is 2. The first kappa shape index (κ1) is 21.8. The van der Waals surface area contributed by atoms with E-state index >= 15 is 0 Å². The summed E-state index contributed by atoms with van der Waals surface area (Å²) in [6.45, 7) is 10.5. The van der Waals surface area contributed by atoms with Gasteiger partial charge in [0.25, 0.3) is 0 Å². The maximum Gasteiger partial charge on any atom is 0.344 e. The van der Waals surface area contributed by atoms with E-state index in [2.05, 4.69) is 0 Å². The Bertz CT molecular complexity index is 578. The lowest BCUT2D eigenvalue weighted by atomic mass is 10.2. The molecule has 26 heavy (non-hydrogen) atoms. The molecule has 0 spiro atoms. The lowest BCUT2D eigenvalue weighted by molar-refractivity contribution is -0.158. The molecule has 0 saturated heterocycles. The minimum Gasteiger partial charge on any atom is -0.482 e. The molecular formula is C19H29NO6. The zero-order valence-corrected chi connectivity index (χ0v) is 16.4. The Balaban J connectivity index is 2.70. The zero-order chi connectivity index (χ0) is 20.0. The van der Waals surface area contributed by atoms with E-state index in [9.17, 15) is 9.59 Å². The minimum absolute atomic E-state index is 0.239. The zero-order valence-electron chi connectivity index (χ0n) is 16.4. The van der Waals surface area contributed by atoms with Crippen molar-refractivity contribution in [2.75, 3.05) is 13.2 Å². The van der Waals surface area contributed by atoms with Gasteiger partial charge in [0.05, 0.1) is 0 Å². The fourth-order valence-corrected chi connectivity index (χ4v) is 1.94. The highest BCUT2D eigenvalue weighted by Crippen LogP contribution is 2.23. The molecule has 0 amide bonds. The van der Waals surface area contributed by atoms with Crippen LogP contribution in [0.3, 0.4) is 0 Å². The van der Waals surface area contributed by atoms with E-state index < -0.39 is 23.1 Å². The summed E-state index contributed by atoms with van der Waals surface area (Å²) in [5.41, 5.74) is 5.25. The molecule has 0 aliphatic heterocycles. The molecule has 0 heterocycles. The van der Waals surface area contributed by atoms with Crippen LogP contribution in [0.2, 0.25) is 0 Å². The van der Waals surface area contributed by atoms with Gasteiger partial charge in [-0.15, -0.1) is 0 Å². The summed E-state index contributed by atoms with van der Waals surface area (Å²) >= 11 is 0. The Morgan fingerprint density at radius 2 is 1.19 bits per heavy atom. The quantitative estimate of drug-likeness (QED) is 0.740. The van der Waals surface area contributed by atoms with Gasteiger partial charge in [-0.1, -0.05) is 0 Å². The summed E-state index contributed by atoms with van der Waals surface area (Å²) in [6.07, 6.45) is 0. The molecule has 0 fully saturated rings. The van der Waals surface area contributed by atoms with Crippen LogP contribution in [0, 0.1) is 0 Å². The smallest absolute Gasteiger partial charge is 0.344 e. The third kappa shape index (κ3) is 9.27. The fraction of sp³-hybridized carbons (Fsp3) is 0.579. The molecule has 0 aromatic heterocycles. The van der Waals surface area contributed by atoms with Crippen molar-refractivity contribution in [3.63, 3.8) is 0 Å². The fourth-order valence-electron chi connectivity index (χ4n) is 1.94. The van der Waals surface area contributed by atoms with E-state index in [0.29, 0.717) is 11.5 Å². The van der Waals surface area contributed by atoms with E-state index in [-0.39, 0.29) is 19.8 Å². The summed E-state index contributed by atoms with van der Waals surface area (Å²) in [5, 5.41) is 0. The standard InChI is InChI=1S/C19H29NO6/c1-18(2,3)25-16(21)11-23-14-7-13(10-20)8-15(9-14)24-12-17(22)26-19(4,5)6/h7-9H,10-12,20H2,1-6H3. The van der Waals surface area contributed by atoms with Crippen LogP contribution in [0.5, 0.6) is 11.5 Å². The Morgan fingerprint density at radius 3 is 1.50 bits per heavy atom. The monoisotopic (exact) mass is 367 g/mol. The highest BCUT2D eigenvalue weighted by molar-refractivity contribution is 5.72. The number of carbonyl (C=O) groups is 2. The molecule has 0 atom stereocenters. The van der Waals surface area contributed by atoms with Crippen molar-refractivity contribution in [1.82, 2.24) is 0 Å². The molecule has 0 saturated carbocycles. The van der Waals surface area contributed by atoms with Gasteiger partial charge in [0, 0.05) is 12.6 Å².